The summed E-state index contributed by atoms with van der Waals surface area (Å²) in [6, 6.07) is 0. The van der Waals surface area contributed by atoms with Crippen molar-refractivity contribution < 1.29 is 14.7 Å². The molecule has 5 heteroatoms. The van der Waals surface area contributed by atoms with E-state index in [4.69, 9.17) is 5.11 Å². The Kier molecular flexibility index (Phi) is 5.62. The maximum absolute atomic E-state index is 13.0. The van der Waals surface area contributed by atoms with Crippen LogP contribution in [0, 0.1) is 11.3 Å². The molecule has 2 atom stereocenters. The number of carbonyl (C=O) groups excluding carboxylic acids is 1. The number of amides is 1. The minimum absolute atomic E-state index is 0.205. The summed E-state index contributed by atoms with van der Waals surface area (Å²) in [6.45, 7) is 5.46. The summed E-state index contributed by atoms with van der Waals surface area (Å²) < 4.78 is 0. The molecule has 2 N–H and O–H groups in total. The number of carboxylic acids is 1. The molecule has 21 heavy (non-hydrogen) atoms. The number of nitrogens with zero attached hydrogens (tertiary/aromatic N) is 1. The second-order valence-corrected chi connectivity index (χ2v) is 6.65. The zero-order valence-corrected chi connectivity index (χ0v) is 13.1. The molecule has 2 saturated heterocycles. The minimum atomic E-state index is -0.735. The highest BCUT2D eigenvalue weighted by Crippen LogP contribution is 2.35. The third-order valence-corrected chi connectivity index (χ3v) is 5.00. The van der Waals surface area contributed by atoms with Crippen LogP contribution in [0.5, 0.6) is 0 Å². The van der Waals surface area contributed by atoms with E-state index in [1.54, 1.807) is 0 Å². The van der Waals surface area contributed by atoms with Gasteiger partial charge in [0.15, 0.2) is 0 Å². The Hall–Kier alpha value is -1.10. The van der Waals surface area contributed by atoms with Gasteiger partial charge >= 0.3 is 5.97 Å². The van der Waals surface area contributed by atoms with Gasteiger partial charge < -0.3 is 15.3 Å². The molecule has 2 rings (SSSR count). The van der Waals surface area contributed by atoms with Crippen LogP contribution in [0.15, 0.2) is 0 Å². The molecule has 2 aliphatic rings. The van der Waals surface area contributed by atoms with Gasteiger partial charge in [-0.05, 0) is 44.6 Å². The van der Waals surface area contributed by atoms with E-state index < -0.39 is 5.97 Å². The summed E-state index contributed by atoms with van der Waals surface area (Å²) in [4.78, 5) is 25.7. The lowest BCUT2D eigenvalue weighted by molar-refractivity contribution is -0.143. The first-order chi connectivity index (χ1) is 10.1. The van der Waals surface area contributed by atoms with Crippen LogP contribution in [-0.2, 0) is 9.59 Å². The van der Waals surface area contributed by atoms with Crippen molar-refractivity contribution in [2.75, 3.05) is 26.2 Å². The molecule has 0 saturated carbocycles. The van der Waals surface area contributed by atoms with Crippen LogP contribution in [0.3, 0.4) is 0 Å². The predicted molar refractivity (Wildman–Crippen MR) is 81.0 cm³/mol. The zero-order valence-electron chi connectivity index (χ0n) is 13.1. The summed E-state index contributed by atoms with van der Waals surface area (Å²) in [5.74, 6) is -0.0814. The molecule has 2 heterocycles. The van der Waals surface area contributed by atoms with E-state index in [0.29, 0.717) is 18.2 Å². The number of likely N-dealkylation sites (tertiary alicyclic amines) is 1. The highest BCUT2D eigenvalue weighted by atomic mass is 16.4. The summed E-state index contributed by atoms with van der Waals surface area (Å²) in [5.41, 5.74) is -0.205. The number of nitrogens with one attached hydrogen (secondary N) is 1. The van der Waals surface area contributed by atoms with Crippen molar-refractivity contribution in [1.29, 1.82) is 0 Å². The maximum atomic E-state index is 13.0. The molecule has 0 aliphatic carbocycles. The Morgan fingerprint density at radius 3 is 2.86 bits per heavy atom. The second-order valence-electron chi connectivity index (χ2n) is 6.65. The van der Waals surface area contributed by atoms with Crippen molar-refractivity contribution in [2.24, 2.45) is 11.3 Å². The van der Waals surface area contributed by atoms with Gasteiger partial charge in [0.25, 0.3) is 0 Å². The van der Waals surface area contributed by atoms with Crippen molar-refractivity contribution in [2.45, 2.75) is 51.9 Å². The fourth-order valence-corrected chi connectivity index (χ4v) is 3.87. The van der Waals surface area contributed by atoms with Crippen LogP contribution in [-0.4, -0.2) is 48.1 Å². The van der Waals surface area contributed by atoms with Crippen LogP contribution >= 0.6 is 0 Å². The van der Waals surface area contributed by atoms with E-state index in [-0.39, 0.29) is 11.8 Å². The lowest BCUT2D eigenvalue weighted by Crippen LogP contribution is -2.49. The monoisotopic (exact) mass is 296 g/mol. The Bertz CT molecular complexity index is 378. The van der Waals surface area contributed by atoms with Crippen molar-refractivity contribution in [3.05, 3.63) is 0 Å². The van der Waals surface area contributed by atoms with Crippen molar-refractivity contribution in [1.82, 2.24) is 10.2 Å². The van der Waals surface area contributed by atoms with Gasteiger partial charge in [-0.15, -0.1) is 0 Å². The number of carbonyl (C=O) groups is 2. The fourth-order valence-electron chi connectivity index (χ4n) is 3.87. The molecule has 0 aromatic carbocycles. The molecule has 2 aliphatic heterocycles. The first-order valence-corrected chi connectivity index (χ1v) is 8.29. The summed E-state index contributed by atoms with van der Waals surface area (Å²) in [7, 11) is 0. The van der Waals surface area contributed by atoms with Gasteiger partial charge in [-0.3, -0.25) is 9.59 Å². The third kappa shape index (κ3) is 3.96. The van der Waals surface area contributed by atoms with Gasteiger partial charge in [-0.25, -0.2) is 0 Å². The predicted octanol–water partition coefficient (Wildman–Crippen LogP) is 1.87. The summed E-state index contributed by atoms with van der Waals surface area (Å²) in [6.07, 6.45) is 5.89. The standard InChI is InChI=1S/C16H28N2O3/c1-2-7-16(8-9-17-12-16)15(21)18-10-3-4-13(11-18)5-6-14(19)20/h13,17H,2-12H2,1H3,(H,19,20). The average Bonchev–Trinajstić information content (AvgIpc) is 2.95. The number of rotatable bonds is 6. The Labute approximate surface area is 127 Å². The van der Waals surface area contributed by atoms with E-state index in [0.717, 1.165) is 58.3 Å². The SMILES string of the molecule is CCCC1(C(=O)N2CCCC(CCC(=O)O)C2)CCNC1. The highest BCUT2D eigenvalue weighted by molar-refractivity contribution is 5.83. The number of piperidine rings is 1. The molecule has 0 spiro atoms. The molecule has 5 nitrogen and oxygen atoms in total. The molecular weight excluding hydrogens is 268 g/mol. The first kappa shape index (κ1) is 16.3. The molecule has 1 amide bonds. The molecule has 2 fully saturated rings. The second kappa shape index (κ2) is 7.25. The molecule has 0 aromatic rings. The fraction of sp³-hybridized carbons (Fsp3) is 0.875. The quantitative estimate of drug-likeness (QED) is 0.785. The summed E-state index contributed by atoms with van der Waals surface area (Å²) in [5, 5.41) is 12.2. The molecule has 120 valence electrons. The van der Waals surface area contributed by atoms with Gasteiger partial charge in [0, 0.05) is 26.1 Å². The van der Waals surface area contributed by atoms with Gasteiger partial charge in [0.1, 0.15) is 0 Å². The van der Waals surface area contributed by atoms with Crippen molar-refractivity contribution in [3.63, 3.8) is 0 Å². The van der Waals surface area contributed by atoms with Crippen LogP contribution in [0.4, 0.5) is 0 Å². The average molecular weight is 296 g/mol. The largest absolute Gasteiger partial charge is 0.481 e. The number of aliphatic carboxylic acids is 1. The van der Waals surface area contributed by atoms with E-state index in [1.165, 1.54) is 0 Å². The van der Waals surface area contributed by atoms with Crippen LogP contribution < -0.4 is 5.32 Å². The highest BCUT2D eigenvalue weighted by Gasteiger charge is 2.43. The number of carboxylic acid groups (broad SMARTS) is 1. The third-order valence-electron chi connectivity index (χ3n) is 5.00. The van der Waals surface area contributed by atoms with Crippen LogP contribution in [0.25, 0.3) is 0 Å². The van der Waals surface area contributed by atoms with E-state index in [9.17, 15) is 9.59 Å². The molecule has 0 bridgehead atoms. The Balaban J connectivity index is 1.96. The van der Waals surface area contributed by atoms with Crippen LogP contribution in [0.1, 0.15) is 51.9 Å². The van der Waals surface area contributed by atoms with E-state index in [1.807, 2.05) is 4.90 Å². The van der Waals surface area contributed by atoms with E-state index in [2.05, 4.69) is 12.2 Å². The number of hydrogen-bond donors (Lipinski definition) is 2. The van der Waals surface area contributed by atoms with Crippen molar-refractivity contribution in [3.8, 4) is 0 Å². The molecule has 0 radical (unpaired) electrons. The van der Waals surface area contributed by atoms with E-state index >= 15 is 0 Å². The maximum Gasteiger partial charge on any atom is 0.303 e. The van der Waals surface area contributed by atoms with Gasteiger partial charge in [0.2, 0.25) is 5.91 Å². The zero-order chi connectivity index (χ0) is 15.3. The molecule has 0 aromatic heterocycles. The van der Waals surface area contributed by atoms with Gasteiger partial charge in [-0.2, -0.15) is 0 Å². The van der Waals surface area contributed by atoms with Crippen molar-refractivity contribution >= 4 is 11.9 Å². The van der Waals surface area contributed by atoms with Crippen LogP contribution in [0.2, 0.25) is 0 Å². The first-order valence-electron chi connectivity index (χ1n) is 8.29. The minimum Gasteiger partial charge on any atom is -0.481 e. The van der Waals surface area contributed by atoms with Gasteiger partial charge in [-0.1, -0.05) is 13.3 Å². The lowest BCUT2D eigenvalue weighted by Gasteiger charge is -2.38. The lowest BCUT2D eigenvalue weighted by atomic mass is 9.80. The topological polar surface area (TPSA) is 69.6 Å². The van der Waals surface area contributed by atoms with Gasteiger partial charge in [0.05, 0.1) is 5.41 Å². The normalized spacial score (nSPS) is 29.6. The Morgan fingerprint density at radius 1 is 1.43 bits per heavy atom. The smallest absolute Gasteiger partial charge is 0.303 e. The Morgan fingerprint density at radius 2 is 2.24 bits per heavy atom. The molecular formula is C16H28N2O3. The number of hydrogen-bond acceptors (Lipinski definition) is 3. The molecule has 2 unspecified atom stereocenters. The summed E-state index contributed by atoms with van der Waals surface area (Å²) >= 11 is 0.